The van der Waals surface area contributed by atoms with Crippen LogP contribution in [0.3, 0.4) is 0 Å². The molecule has 4 nitrogen and oxygen atoms in total. The van der Waals surface area contributed by atoms with E-state index in [0.29, 0.717) is 5.39 Å². The molecule has 0 spiro atoms. The van der Waals surface area contributed by atoms with Crippen LogP contribution in [0.15, 0.2) is 88.9 Å². The number of unbranched alkanes of at least 4 members (excludes halogenated alkanes) is 31. The van der Waals surface area contributed by atoms with E-state index in [0.717, 1.165) is 78.7 Å². The Labute approximate surface area is 494 Å². The van der Waals surface area contributed by atoms with Gasteiger partial charge in [0.05, 0.1) is 22.8 Å². The predicted octanol–water partition coefficient (Wildman–Crippen LogP) is 25.0. The lowest BCUT2D eigenvalue weighted by molar-refractivity contribution is 0.408. The average Bonchev–Trinajstić information content (AvgIpc) is 3.50. The molecule has 0 aliphatic rings. The Morgan fingerprint density at radius 2 is 0.738 bits per heavy atom. The minimum absolute atomic E-state index is 0.0298. The van der Waals surface area contributed by atoms with Gasteiger partial charge in [0.15, 0.2) is 11.5 Å². The molecule has 0 fully saturated rings. The van der Waals surface area contributed by atoms with Gasteiger partial charge in [-0.3, -0.25) is 4.99 Å². The molecule has 0 aliphatic carbocycles. The average molecular weight is 1100 g/mol. The van der Waals surface area contributed by atoms with Crippen LogP contribution in [0.1, 0.15) is 320 Å². The van der Waals surface area contributed by atoms with Gasteiger partial charge in [0.1, 0.15) is 0 Å². The van der Waals surface area contributed by atoms with Crippen molar-refractivity contribution in [1.82, 2.24) is 0 Å². The lowest BCUT2D eigenvalue weighted by atomic mass is 9.97. The monoisotopic (exact) mass is 1090 g/mol. The molecular formula is C76H122N2O2. The molecular weight excluding hydrogens is 973 g/mol. The van der Waals surface area contributed by atoms with Crippen LogP contribution in [-0.4, -0.2) is 21.6 Å². The molecule has 0 unspecified atom stereocenters. The number of phenolic OH excluding ortho intramolecular Hbond substituents is 2. The van der Waals surface area contributed by atoms with Crippen molar-refractivity contribution in [3.05, 3.63) is 107 Å². The number of hydrogen-bond donors (Lipinski definition) is 2. The number of fused-ring (bicyclic) bond motifs is 1. The summed E-state index contributed by atoms with van der Waals surface area (Å²) < 4.78 is 0. The highest BCUT2D eigenvalue weighted by atomic mass is 16.3. The fourth-order valence-corrected chi connectivity index (χ4v) is 11.3. The third-order valence-electron chi connectivity index (χ3n) is 16.6. The maximum absolute atomic E-state index is 9.63. The first-order valence-corrected chi connectivity index (χ1v) is 34.3. The SMILES string of the molecule is CCCCCCCCCCCCCCCCCCCCCCCCCCCCC=CC(=Nc1ccc(CCCC)c(CCCC)c1)C(CCCC)=Nc1ccc(CCCC)c(CCCC)c1.CCc1cc(O)c(O)c2ccccc12. The van der Waals surface area contributed by atoms with E-state index in [2.05, 4.69) is 90.1 Å². The van der Waals surface area contributed by atoms with Gasteiger partial charge in [-0.2, -0.15) is 0 Å². The molecule has 0 saturated carbocycles. The zero-order valence-electron chi connectivity index (χ0n) is 53.2. The van der Waals surface area contributed by atoms with E-state index in [9.17, 15) is 10.2 Å². The Hall–Kier alpha value is -4.18. The molecule has 80 heavy (non-hydrogen) atoms. The van der Waals surface area contributed by atoms with E-state index in [1.807, 2.05) is 31.2 Å². The molecule has 4 heteroatoms. The second-order valence-electron chi connectivity index (χ2n) is 23.8. The van der Waals surface area contributed by atoms with Crippen molar-refractivity contribution in [2.75, 3.05) is 0 Å². The van der Waals surface area contributed by atoms with Gasteiger partial charge in [-0.05, 0) is 153 Å². The minimum Gasteiger partial charge on any atom is -0.504 e. The zero-order chi connectivity index (χ0) is 57.5. The molecule has 4 rings (SSSR count). The quantitative estimate of drug-likeness (QED) is 0.0263. The van der Waals surface area contributed by atoms with Crippen molar-refractivity contribution in [3.63, 3.8) is 0 Å². The number of rotatable bonds is 47. The van der Waals surface area contributed by atoms with E-state index in [1.54, 1.807) is 6.07 Å². The summed E-state index contributed by atoms with van der Waals surface area (Å²) in [7, 11) is 0. The Morgan fingerprint density at radius 1 is 0.362 bits per heavy atom. The van der Waals surface area contributed by atoms with Gasteiger partial charge in [-0.1, -0.05) is 284 Å². The molecule has 4 aromatic carbocycles. The first kappa shape index (κ1) is 70.1. The summed E-state index contributed by atoms with van der Waals surface area (Å²) in [6.45, 7) is 15.9. The molecule has 0 amide bonds. The second-order valence-corrected chi connectivity index (χ2v) is 23.8. The van der Waals surface area contributed by atoms with Gasteiger partial charge in [-0.15, -0.1) is 0 Å². The van der Waals surface area contributed by atoms with E-state index in [4.69, 9.17) is 9.98 Å². The molecule has 0 atom stereocenters. The van der Waals surface area contributed by atoms with Crippen LogP contribution in [0.2, 0.25) is 0 Å². The van der Waals surface area contributed by atoms with E-state index >= 15 is 0 Å². The largest absolute Gasteiger partial charge is 0.504 e. The summed E-state index contributed by atoms with van der Waals surface area (Å²) in [5.41, 5.74) is 11.5. The Bertz CT molecular complexity index is 2250. The number of benzene rings is 4. The standard InChI is InChI=1S/C64H110N2.C12H12O2/c1-7-13-19-20-21-22-23-24-25-26-27-28-29-30-31-32-33-34-35-36-37-38-39-40-41-42-43-44-50-64(66-62-54-52-58(46-15-9-3)60(56-62)48-17-11-5)63(49-18-12-6)65-61-53-51-57(45-14-8-2)59(55-61)47-16-10-4;1-2-8-7-11(13)12(14)10-6-4-3-5-9(8)10/h44,50-56H,7-43,45-49H2,1-6H3;3-7,13-14H,2H2,1H3. The van der Waals surface area contributed by atoms with E-state index in [1.165, 1.54) is 253 Å². The number of hydrogen-bond acceptors (Lipinski definition) is 4. The smallest absolute Gasteiger partial charge is 0.165 e. The minimum atomic E-state index is -0.0412. The van der Waals surface area contributed by atoms with Crippen molar-refractivity contribution >= 4 is 33.6 Å². The fraction of sp³-hybridized carbons (Fsp3) is 0.658. The number of aliphatic imine (C=N–C) groups is 2. The number of aryl methyl sites for hydroxylation is 5. The lowest BCUT2D eigenvalue weighted by Crippen LogP contribution is -2.12. The molecule has 448 valence electrons. The van der Waals surface area contributed by atoms with Crippen molar-refractivity contribution < 1.29 is 10.2 Å². The molecule has 0 bridgehead atoms. The van der Waals surface area contributed by atoms with Crippen molar-refractivity contribution in [2.45, 2.75) is 325 Å². The van der Waals surface area contributed by atoms with Crippen LogP contribution in [0.25, 0.3) is 10.8 Å². The van der Waals surface area contributed by atoms with Gasteiger partial charge in [0.25, 0.3) is 0 Å². The van der Waals surface area contributed by atoms with Crippen LogP contribution in [0, 0.1) is 0 Å². The van der Waals surface area contributed by atoms with Crippen LogP contribution in [0.5, 0.6) is 11.5 Å². The maximum atomic E-state index is 9.63. The highest BCUT2D eigenvalue weighted by Gasteiger charge is 2.13. The summed E-state index contributed by atoms with van der Waals surface area (Å²) >= 11 is 0. The summed E-state index contributed by atoms with van der Waals surface area (Å²) in [6, 6.07) is 23.3. The van der Waals surface area contributed by atoms with Crippen molar-refractivity contribution in [2.24, 2.45) is 9.98 Å². The highest BCUT2D eigenvalue weighted by Crippen LogP contribution is 2.36. The van der Waals surface area contributed by atoms with Crippen molar-refractivity contribution in [1.29, 1.82) is 0 Å². The first-order chi connectivity index (χ1) is 39.3. The molecule has 0 saturated heterocycles. The normalized spacial score (nSPS) is 12.0. The van der Waals surface area contributed by atoms with Crippen LogP contribution >= 0.6 is 0 Å². The summed E-state index contributed by atoms with van der Waals surface area (Å²) in [5, 5.41) is 20.8. The van der Waals surface area contributed by atoms with Gasteiger partial charge in [0.2, 0.25) is 0 Å². The van der Waals surface area contributed by atoms with Crippen LogP contribution in [-0.2, 0) is 32.1 Å². The summed E-state index contributed by atoms with van der Waals surface area (Å²) in [5.74, 6) is -0.0710. The third-order valence-corrected chi connectivity index (χ3v) is 16.6. The van der Waals surface area contributed by atoms with Gasteiger partial charge in [0, 0.05) is 5.39 Å². The Morgan fingerprint density at radius 3 is 1.15 bits per heavy atom. The summed E-state index contributed by atoms with van der Waals surface area (Å²) in [6.07, 6.45) is 61.9. The summed E-state index contributed by atoms with van der Waals surface area (Å²) in [4.78, 5) is 10.9. The molecule has 2 N–H and O–H groups in total. The predicted molar refractivity (Wildman–Crippen MR) is 357 cm³/mol. The highest BCUT2D eigenvalue weighted by molar-refractivity contribution is 6.47. The Kier molecular flexibility index (Phi) is 41.5. The van der Waals surface area contributed by atoms with Crippen LogP contribution < -0.4 is 0 Å². The Balaban J connectivity index is 0.00000103. The number of nitrogens with zero attached hydrogens (tertiary/aromatic N) is 2. The molecule has 0 heterocycles. The molecule has 4 aromatic rings. The first-order valence-electron chi connectivity index (χ1n) is 34.3. The van der Waals surface area contributed by atoms with Crippen LogP contribution in [0.4, 0.5) is 11.4 Å². The lowest BCUT2D eigenvalue weighted by Gasteiger charge is -2.13. The molecule has 0 aliphatic heterocycles. The van der Waals surface area contributed by atoms with Gasteiger partial charge in [-0.25, -0.2) is 4.99 Å². The second kappa shape index (κ2) is 47.3. The fourth-order valence-electron chi connectivity index (χ4n) is 11.3. The number of aromatic hydroxyl groups is 2. The van der Waals surface area contributed by atoms with Gasteiger partial charge >= 0.3 is 0 Å². The van der Waals surface area contributed by atoms with E-state index in [-0.39, 0.29) is 11.5 Å². The third kappa shape index (κ3) is 30.8. The number of phenols is 2. The van der Waals surface area contributed by atoms with Gasteiger partial charge < -0.3 is 10.2 Å². The topological polar surface area (TPSA) is 65.2 Å². The van der Waals surface area contributed by atoms with Crippen molar-refractivity contribution in [3.8, 4) is 11.5 Å². The molecule has 0 radical (unpaired) electrons. The zero-order valence-corrected chi connectivity index (χ0v) is 53.2. The van der Waals surface area contributed by atoms with E-state index < -0.39 is 0 Å². The maximum Gasteiger partial charge on any atom is 0.165 e. The number of allylic oxidation sites excluding steroid dienone is 2. The molecule has 0 aromatic heterocycles.